The van der Waals surface area contributed by atoms with Gasteiger partial charge in [0.15, 0.2) is 0 Å². The average Bonchev–Trinajstić information content (AvgIpc) is 2.74. The Hall–Kier alpha value is -1.88. The lowest BCUT2D eigenvalue weighted by Crippen LogP contribution is -1.87. The van der Waals surface area contributed by atoms with Crippen molar-refractivity contribution in [3.8, 4) is 11.1 Å². The van der Waals surface area contributed by atoms with Gasteiger partial charge in [-0.1, -0.05) is 34.6 Å². The first-order valence-corrected chi connectivity index (χ1v) is 5.65. The van der Waals surface area contributed by atoms with Crippen LogP contribution < -0.4 is 0 Å². The molecule has 0 aliphatic heterocycles. The Morgan fingerprint density at radius 3 is 2.47 bits per heavy atom. The molecule has 0 aliphatic rings. The summed E-state index contributed by atoms with van der Waals surface area (Å²) >= 11 is 3.33. The molecule has 4 nitrogen and oxygen atoms in total. The molecule has 0 aliphatic carbocycles. The number of hydrogen-bond acceptors (Lipinski definition) is 2. The van der Waals surface area contributed by atoms with Gasteiger partial charge in [-0.15, -0.1) is 0 Å². The summed E-state index contributed by atoms with van der Waals surface area (Å²) in [6.45, 7) is 3.59. The Bertz CT molecular complexity index is 573. The Morgan fingerprint density at radius 2 is 1.94 bits per heavy atom. The van der Waals surface area contributed by atoms with E-state index < -0.39 is 4.92 Å². The zero-order chi connectivity index (χ0) is 12.4. The van der Waals surface area contributed by atoms with Gasteiger partial charge in [-0.25, -0.2) is 0 Å². The standard InChI is InChI=1S/C12H9BrN2O2/c1-2-14-7-11(12(8-14)15(16)17)9-3-5-10(13)6-4-9/h2-8H,1H2. The van der Waals surface area contributed by atoms with E-state index in [1.807, 2.05) is 24.3 Å². The number of benzene rings is 1. The van der Waals surface area contributed by atoms with Crippen molar-refractivity contribution in [1.29, 1.82) is 0 Å². The molecule has 0 bridgehead atoms. The lowest BCUT2D eigenvalue weighted by Gasteiger charge is -1.98. The second kappa shape index (κ2) is 4.55. The first kappa shape index (κ1) is 11.6. The number of nitro groups is 1. The SMILES string of the molecule is C=Cn1cc(-c2ccc(Br)cc2)c([N+](=O)[O-])c1. The summed E-state index contributed by atoms with van der Waals surface area (Å²) < 4.78 is 2.52. The summed E-state index contributed by atoms with van der Waals surface area (Å²) in [6.07, 6.45) is 4.66. The molecule has 0 radical (unpaired) electrons. The summed E-state index contributed by atoms with van der Waals surface area (Å²) in [4.78, 5) is 10.5. The van der Waals surface area contributed by atoms with E-state index in [4.69, 9.17) is 0 Å². The van der Waals surface area contributed by atoms with Gasteiger partial charge in [-0.2, -0.15) is 0 Å². The van der Waals surface area contributed by atoms with Gasteiger partial charge in [0.25, 0.3) is 5.69 Å². The van der Waals surface area contributed by atoms with Crippen molar-refractivity contribution in [2.45, 2.75) is 0 Å². The van der Waals surface area contributed by atoms with Crippen LogP contribution in [0.25, 0.3) is 17.3 Å². The summed E-state index contributed by atoms with van der Waals surface area (Å²) in [5.74, 6) is 0. The van der Waals surface area contributed by atoms with Crippen molar-refractivity contribution in [2.75, 3.05) is 0 Å². The van der Waals surface area contributed by atoms with Crippen molar-refractivity contribution >= 4 is 27.8 Å². The fourth-order valence-corrected chi connectivity index (χ4v) is 1.83. The number of hydrogen-bond donors (Lipinski definition) is 0. The van der Waals surface area contributed by atoms with Gasteiger partial charge in [-0.3, -0.25) is 10.1 Å². The number of nitrogens with zero attached hydrogens (tertiary/aromatic N) is 2. The molecule has 0 saturated carbocycles. The summed E-state index contributed by atoms with van der Waals surface area (Å²) in [5.41, 5.74) is 1.47. The monoisotopic (exact) mass is 292 g/mol. The zero-order valence-corrected chi connectivity index (χ0v) is 10.4. The minimum absolute atomic E-state index is 0.0761. The van der Waals surface area contributed by atoms with Crippen LogP contribution in [0.3, 0.4) is 0 Å². The van der Waals surface area contributed by atoms with Crippen molar-refractivity contribution in [3.05, 3.63) is 57.8 Å². The summed E-state index contributed by atoms with van der Waals surface area (Å²) in [6, 6.07) is 7.37. The van der Waals surface area contributed by atoms with Gasteiger partial charge < -0.3 is 4.57 Å². The molecule has 2 aromatic rings. The van der Waals surface area contributed by atoms with Gasteiger partial charge in [0.05, 0.1) is 16.7 Å². The molecule has 5 heteroatoms. The smallest absolute Gasteiger partial charge is 0.295 e. The van der Waals surface area contributed by atoms with E-state index in [1.54, 1.807) is 10.8 Å². The van der Waals surface area contributed by atoms with Crippen LogP contribution in [0.15, 0.2) is 47.7 Å². The van der Waals surface area contributed by atoms with Crippen LogP contribution in [0.1, 0.15) is 0 Å². The van der Waals surface area contributed by atoms with Crippen molar-refractivity contribution in [1.82, 2.24) is 4.57 Å². The van der Waals surface area contributed by atoms with Crippen LogP contribution in [-0.4, -0.2) is 9.49 Å². The van der Waals surface area contributed by atoms with Crippen LogP contribution in [0.4, 0.5) is 5.69 Å². The lowest BCUT2D eigenvalue weighted by molar-refractivity contribution is -0.384. The van der Waals surface area contributed by atoms with E-state index in [-0.39, 0.29) is 5.69 Å². The largest absolute Gasteiger partial charge is 0.324 e. The second-order valence-electron chi connectivity index (χ2n) is 3.45. The maximum atomic E-state index is 10.9. The van der Waals surface area contributed by atoms with Gasteiger partial charge in [0.1, 0.15) is 0 Å². The van der Waals surface area contributed by atoms with E-state index in [1.165, 1.54) is 12.4 Å². The van der Waals surface area contributed by atoms with Gasteiger partial charge in [-0.05, 0) is 17.7 Å². The molecule has 86 valence electrons. The fourth-order valence-electron chi connectivity index (χ4n) is 1.57. The topological polar surface area (TPSA) is 48.1 Å². The molecule has 2 rings (SSSR count). The third-order valence-corrected chi connectivity index (χ3v) is 2.92. The van der Waals surface area contributed by atoms with Crippen LogP contribution in [-0.2, 0) is 0 Å². The van der Waals surface area contributed by atoms with Gasteiger partial charge in [0, 0.05) is 16.9 Å². The van der Waals surface area contributed by atoms with Gasteiger partial charge in [0.2, 0.25) is 0 Å². The lowest BCUT2D eigenvalue weighted by atomic mass is 10.1. The molecule has 0 atom stereocenters. The van der Waals surface area contributed by atoms with E-state index in [0.717, 1.165) is 10.0 Å². The number of aromatic nitrogens is 1. The first-order valence-electron chi connectivity index (χ1n) is 4.86. The van der Waals surface area contributed by atoms with Crippen molar-refractivity contribution in [3.63, 3.8) is 0 Å². The Kier molecular flexibility index (Phi) is 3.10. The molecule has 17 heavy (non-hydrogen) atoms. The Morgan fingerprint density at radius 1 is 1.29 bits per heavy atom. The molecule has 0 unspecified atom stereocenters. The highest BCUT2D eigenvalue weighted by Gasteiger charge is 2.17. The maximum absolute atomic E-state index is 10.9. The number of rotatable bonds is 3. The minimum Gasteiger partial charge on any atom is -0.324 e. The highest BCUT2D eigenvalue weighted by Crippen LogP contribution is 2.31. The molecule has 1 heterocycles. The third kappa shape index (κ3) is 2.29. The van der Waals surface area contributed by atoms with E-state index in [9.17, 15) is 10.1 Å². The summed E-state index contributed by atoms with van der Waals surface area (Å²) in [5, 5.41) is 10.9. The molecule has 0 saturated heterocycles. The predicted octanol–water partition coefficient (Wildman–Crippen LogP) is 3.93. The summed E-state index contributed by atoms with van der Waals surface area (Å²) in [7, 11) is 0. The fraction of sp³-hybridized carbons (Fsp3) is 0. The highest BCUT2D eigenvalue weighted by molar-refractivity contribution is 9.10. The van der Waals surface area contributed by atoms with Crippen LogP contribution in [0, 0.1) is 10.1 Å². The maximum Gasteiger partial charge on any atom is 0.295 e. The molecule has 0 fully saturated rings. The van der Waals surface area contributed by atoms with Crippen LogP contribution in [0.5, 0.6) is 0 Å². The zero-order valence-electron chi connectivity index (χ0n) is 8.84. The van der Waals surface area contributed by atoms with Crippen LogP contribution in [0.2, 0.25) is 0 Å². The molecular formula is C12H9BrN2O2. The highest BCUT2D eigenvalue weighted by atomic mass is 79.9. The van der Waals surface area contributed by atoms with Crippen LogP contribution >= 0.6 is 15.9 Å². The molecule has 0 spiro atoms. The first-order chi connectivity index (χ1) is 8.11. The molecule has 0 N–H and O–H groups in total. The molecule has 1 aromatic heterocycles. The average molecular weight is 293 g/mol. The minimum atomic E-state index is -0.391. The third-order valence-electron chi connectivity index (χ3n) is 2.39. The normalized spacial score (nSPS) is 10.2. The van der Waals surface area contributed by atoms with Crippen molar-refractivity contribution < 1.29 is 4.92 Å². The molecule has 0 amide bonds. The van der Waals surface area contributed by atoms with E-state index in [0.29, 0.717) is 5.56 Å². The number of halogens is 1. The quantitative estimate of drug-likeness (QED) is 0.636. The molecule has 1 aromatic carbocycles. The second-order valence-corrected chi connectivity index (χ2v) is 4.37. The van der Waals surface area contributed by atoms with Gasteiger partial charge >= 0.3 is 0 Å². The molecular weight excluding hydrogens is 284 g/mol. The predicted molar refractivity (Wildman–Crippen MR) is 70.6 cm³/mol. The Balaban J connectivity index is 2.57. The van der Waals surface area contributed by atoms with Crippen molar-refractivity contribution in [2.24, 2.45) is 0 Å². The van der Waals surface area contributed by atoms with E-state index >= 15 is 0 Å². The Labute approximate surface area is 106 Å². The van der Waals surface area contributed by atoms with E-state index in [2.05, 4.69) is 22.5 Å².